The average molecular weight is 498 g/mol. The molecule has 9 heteroatoms. The molecule has 0 N–H and O–H groups in total. The molecule has 0 saturated heterocycles. The number of ether oxygens (including phenoxy) is 3. The average Bonchev–Trinajstić information content (AvgIpc) is 3.36. The standard InChI is InChI=1S/C28H23N3O6/c1-17(28(33)35-3)36-23-13-12-18(14-24(23)34-2)16-29-31-26(25-15-19-8-4-7-11-22(19)37-25)30-21-10-6-5-9-20(21)27(31)32/h4-17H,1-3H3/t17-/m0/s1. The van der Waals surface area contributed by atoms with Crippen molar-refractivity contribution < 1.29 is 23.4 Å². The van der Waals surface area contributed by atoms with E-state index in [1.54, 1.807) is 43.3 Å². The highest BCUT2D eigenvalue weighted by molar-refractivity contribution is 5.85. The van der Waals surface area contributed by atoms with E-state index in [4.69, 9.17) is 18.6 Å². The fourth-order valence-electron chi connectivity index (χ4n) is 3.87. The van der Waals surface area contributed by atoms with Gasteiger partial charge in [-0.3, -0.25) is 4.79 Å². The van der Waals surface area contributed by atoms with Crippen LogP contribution in [0.2, 0.25) is 0 Å². The second-order valence-electron chi connectivity index (χ2n) is 8.16. The normalized spacial score (nSPS) is 12.2. The molecular formula is C28H23N3O6. The number of fused-ring (bicyclic) bond motifs is 2. The van der Waals surface area contributed by atoms with Gasteiger partial charge in [0.25, 0.3) is 5.56 Å². The zero-order chi connectivity index (χ0) is 25.9. The Labute approximate surface area is 211 Å². The SMILES string of the molecule is COC(=O)[C@H](C)Oc1ccc(C=Nn2c(-c3cc4ccccc4o3)nc3ccccc3c2=O)cc1OC. The fourth-order valence-corrected chi connectivity index (χ4v) is 3.87. The number of nitrogens with zero attached hydrogens (tertiary/aromatic N) is 3. The van der Waals surface area contributed by atoms with E-state index in [9.17, 15) is 9.59 Å². The van der Waals surface area contributed by atoms with Crippen LogP contribution in [0.4, 0.5) is 0 Å². The summed E-state index contributed by atoms with van der Waals surface area (Å²) in [5, 5.41) is 5.78. The van der Waals surface area contributed by atoms with Crippen molar-refractivity contribution in [2.24, 2.45) is 5.10 Å². The van der Waals surface area contributed by atoms with Crippen LogP contribution in [-0.2, 0) is 9.53 Å². The van der Waals surface area contributed by atoms with Crippen LogP contribution in [-0.4, -0.2) is 42.2 Å². The predicted molar refractivity (Wildman–Crippen MR) is 139 cm³/mol. The van der Waals surface area contributed by atoms with Crippen molar-refractivity contribution in [3.05, 3.63) is 88.7 Å². The number of hydrogen-bond donors (Lipinski definition) is 0. The molecule has 5 rings (SSSR count). The smallest absolute Gasteiger partial charge is 0.346 e. The number of rotatable bonds is 7. The molecule has 0 aliphatic rings. The fraction of sp³-hybridized carbons (Fsp3) is 0.143. The summed E-state index contributed by atoms with van der Waals surface area (Å²) in [6.07, 6.45) is 0.701. The first-order valence-corrected chi connectivity index (χ1v) is 11.5. The summed E-state index contributed by atoms with van der Waals surface area (Å²) in [6, 6.07) is 21.5. The van der Waals surface area contributed by atoms with E-state index in [-0.39, 0.29) is 11.4 Å². The van der Waals surface area contributed by atoms with Crippen LogP contribution in [0.1, 0.15) is 12.5 Å². The lowest BCUT2D eigenvalue weighted by Crippen LogP contribution is -2.25. The van der Waals surface area contributed by atoms with Crippen molar-refractivity contribution in [1.82, 2.24) is 9.66 Å². The number of hydrogen-bond acceptors (Lipinski definition) is 8. The Morgan fingerprint density at radius 2 is 1.81 bits per heavy atom. The van der Waals surface area contributed by atoms with E-state index in [0.29, 0.717) is 39.3 Å². The van der Waals surface area contributed by atoms with E-state index < -0.39 is 12.1 Å². The molecule has 3 aromatic carbocycles. The van der Waals surface area contributed by atoms with Gasteiger partial charge in [0.1, 0.15) is 5.58 Å². The van der Waals surface area contributed by atoms with Gasteiger partial charge in [-0.2, -0.15) is 9.78 Å². The van der Waals surface area contributed by atoms with Crippen molar-refractivity contribution in [3.63, 3.8) is 0 Å². The van der Waals surface area contributed by atoms with Gasteiger partial charge >= 0.3 is 5.97 Å². The Morgan fingerprint density at radius 1 is 1.03 bits per heavy atom. The Hall–Kier alpha value is -4.92. The second kappa shape index (κ2) is 9.98. The highest BCUT2D eigenvalue weighted by atomic mass is 16.6. The minimum absolute atomic E-state index is 0.273. The first kappa shape index (κ1) is 23.8. The molecule has 0 aliphatic carbocycles. The van der Waals surface area contributed by atoms with Gasteiger partial charge in [0.2, 0.25) is 5.82 Å². The van der Waals surface area contributed by atoms with Gasteiger partial charge < -0.3 is 18.6 Å². The number of carbonyl (C=O) groups is 1. The largest absolute Gasteiger partial charge is 0.493 e. The number of methoxy groups -OCH3 is 2. The first-order valence-electron chi connectivity index (χ1n) is 11.5. The van der Waals surface area contributed by atoms with Crippen LogP contribution in [0.15, 0.2) is 87.1 Å². The van der Waals surface area contributed by atoms with Crippen molar-refractivity contribution in [1.29, 1.82) is 0 Å². The maximum absolute atomic E-state index is 13.4. The van der Waals surface area contributed by atoms with Crippen LogP contribution in [0, 0.1) is 0 Å². The molecule has 1 atom stereocenters. The third-order valence-electron chi connectivity index (χ3n) is 5.75. The van der Waals surface area contributed by atoms with Gasteiger partial charge in [-0.15, -0.1) is 0 Å². The first-order chi connectivity index (χ1) is 18.0. The third kappa shape index (κ3) is 4.66. The van der Waals surface area contributed by atoms with E-state index in [0.717, 1.165) is 5.39 Å². The van der Waals surface area contributed by atoms with Crippen molar-refractivity contribution in [3.8, 4) is 23.1 Å². The summed E-state index contributed by atoms with van der Waals surface area (Å²) < 4.78 is 23.0. The summed E-state index contributed by atoms with van der Waals surface area (Å²) >= 11 is 0. The summed E-state index contributed by atoms with van der Waals surface area (Å²) in [5.74, 6) is 0.939. The van der Waals surface area contributed by atoms with Gasteiger partial charge in [-0.1, -0.05) is 30.3 Å². The molecule has 37 heavy (non-hydrogen) atoms. The van der Waals surface area contributed by atoms with Gasteiger partial charge in [-0.05, 0) is 55.0 Å². The topological polar surface area (TPSA) is 105 Å². The lowest BCUT2D eigenvalue weighted by atomic mass is 10.2. The molecule has 2 aromatic heterocycles. The third-order valence-corrected chi connectivity index (χ3v) is 5.75. The molecule has 186 valence electrons. The molecule has 0 amide bonds. The number of benzene rings is 3. The minimum atomic E-state index is -0.813. The van der Waals surface area contributed by atoms with E-state index >= 15 is 0 Å². The summed E-state index contributed by atoms with van der Waals surface area (Å²) in [6.45, 7) is 1.58. The number of para-hydroxylation sites is 2. The molecule has 9 nitrogen and oxygen atoms in total. The van der Waals surface area contributed by atoms with Crippen molar-refractivity contribution >= 4 is 34.1 Å². The van der Waals surface area contributed by atoms with Gasteiger partial charge in [-0.25, -0.2) is 9.78 Å². The molecule has 0 spiro atoms. The molecule has 5 aromatic rings. The maximum atomic E-state index is 13.4. The zero-order valence-corrected chi connectivity index (χ0v) is 20.4. The van der Waals surface area contributed by atoms with Crippen molar-refractivity contribution in [2.75, 3.05) is 14.2 Å². The van der Waals surface area contributed by atoms with Gasteiger partial charge in [0.05, 0.1) is 31.3 Å². The molecule has 0 fully saturated rings. The summed E-state index contributed by atoms with van der Waals surface area (Å²) in [5.41, 5.74) is 1.51. The van der Waals surface area contributed by atoms with Gasteiger partial charge in [0.15, 0.2) is 23.4 Å². The van der Waals surface area contributed by atoms with Crippen molar-refractivity contribution in [2.45, 2.75) is 13.0 Å². The van der Waals surface area contributed by atoms with E-state index in [1.807, 2.05) is 36.4 Å². The lowest BCUT2D eigenvalue weighted by molar-refractivity contribution is -0.147. The van der Waals surface area contributed by atoms with E-state index in [1.165, 1.54) is 25.1 Å². The van der Waals surface area contributed by atoms with Crippen LogP contribution in [0.3, 0.4) is 0 Å². The molecule has 0 radical (unpaired) electrons. The molecule has 0 bridgehead atoms. The van der Waals surface area contributed by atoms with Crippen LogP contribution < -0.4 is 15.0 Å². The second-order valence-corrected chi connectivity index (χ2v) is 8.16. The van der Waals surface area contributed by atoms with Crippen LogP contribution >= 0.6 is 0 Å². The number of esters is 1. The highest BCUT2D eigenvalue weighted by Crippen LogP contribution is 2.29. The number of carbonyl (C=O) groups excluding carboxylic acids is 1. The summed E-state index contributed by atoms with van der Waals surface area (Å²) in [7, 11) is 2.78. The summed E-state index contributed by atoms with van der Waals surface area (Å²) in [4.78, 5) is 29.8. The molecule has 0 aliphatic heterocycles. The molecule has 2 heterocycles. The Bertz CT molecular complexity index is 1670. The highest BCUT2D eigenvalue weighted by Gasteiger charge is 2.18. The molecule has 0 saturated carbocycles. The zero-order valence-electron chi connectivity index (χ0n) is 20.4. The monoisotopic (exact) mass is 497 g/mol. The predicted octanol–water partition coefficient (Wildman–Crippen LogP) is 4.64. The number of aromatic nitrogens is 2. The molecule has 0 unspecified atom stereocenters. The lowest BCUT2D eigenvalue weighted by Gasteiger charge is -2.15. The van der Waals surface area contributed by atoms with Gasteiger partial charge in [0, 0.05) is 5.39 Å². The minimum Gasteiger partial charge on any atom is -0.493 e. The Kier molecular flexibility index (Phi) is 6.42. The molecular weight excluding hydrogens is 474 g/mol. The maximum Gasteiger partial charge on any atom is 0.346 e. The Morgan fingerprint density at radius 3 is 2.59 bits per heavy atom. The van der Waals surface area contributed by atoms with E-state index in [2.05, 4.69) is 10.1 Å². The van der Waals surface area contributed by atoms with Crippen LogP contribution in [0.5, 0.6) is 11.5 Å². The quantitative estimate of drug-likeness (QED) is 0.238. The van der Waals surface area contributed by atoms with Crippen LogP contribution in [0.25, 0.3) is 33.5 Å². The Balaban J connectivity index is 1.57. The number of furan rings is 1.